The molecule has 7 nitrogen and oxygen atoms in total. The van der Waals surface area contributed by atoms with Gasteiger partial charge in [0.1, 0.15) is 10.0 Å². The number of hydrogen-bond donors (Lipinski definition) is 0. The Hall–Kier alpha value is -3.57. The molecule has 0 unspecified atom stereocenters. The second-order valence-corrected chi connectivity index (χ2v) is 14.1. The van der Waals surface area contributed by atoms with Crippen LogP contribution < -0.4 is 0 Å². The zero-order valence-corrected chi connectivity index (χ0v) is 25.6. The normalized spacial score (nSPS) is 17.4. The van der Waals surface area contributed by atoms with E-state index in [1.807, 2.05) is 79.9 Å². The Balaban J connectivity index is 1.38. The van der Waals surface area contributed by atoms with E-state index in [1.54, 1.807) is 32.1 Å². The molecule has 2 aliphatic rings. The van der Waals surface area contributed by atoms with Crippen LogP contribution in [-0.4, -0.2) is 50.7 Å². The summed E-state index contributed by atoms with van der Waals surface area (Å²) in [7, 11) is -3.63. The maximum Gasteiger partial charge on any atom is 0.266 e. The third-order valence-corrected chi connectivity index (χ3v) is 10.7. The minimum atomic E-state index is -3.63. The van der Waals surface area contributed by atoms with Gasteiger partial charge < -0.3 is 0 Å². The number of sulfonamides is 1. The molecule has 2 saturated heterocycles. The number of thiocarbonyl (C=S) groups is 1. The van der Waals surface area contributed by atoms with E-state index >= 15 is 0 Å². The first kappa shape index (κ1) is 28.5. The fourth-order valence-corrected chi connectivity index (χ4v) is 7.95. The molecule has 0 atom stereocenters. The molecule has 4 aromatic rings. The highest BCUT2D eigenvalue weighted by molar-refractivity contribution is 8.26. The summed E-state index contributed by atoms with van der Waals surface area (Å²) in [5.74, 6) is -0.162. The number of aryl methyl sites for hydroxylation is 1. The predicted molar refractivity (Wildman–Crippen MR) is 172 cm³/mol. The maximum absolute atomic E-state index is 13.5. The number of thioether (sulfide) groups is 1. The van der Waals surface area contributed by atoms with Crippen LogP contribution in [-0.2, 0) is 21.4 Å². The summed E-state index contributed by atoms with van der Waals surface area (Å²) in [6.07, 6.45) is 6.45. The van der Waals surface area contributed by atoms with Crippen LogP contribution in [0.1, 0.15) is 36.0 Å². The van der Waals surface area contributed by atoms with Crippen molar-refractivity contribution in [3.8, 4) is 16.9 Å². The molecule has 0 bridgehead atoms. The quantitative estimate of drug-likeness (QED) is 0.177. The van der Waals surface area contributed by atoms with E-state index in [-0.39, 0.29) is 10.8 Å². The Labute approximate surface area is 255 Å². The topological polar surface area (TPSA) is 75.5 Å². The number of benzene rings is 3. The van der Waals surface area contributed by atoms with Crippen LogP contribution in [0.4, 0.5) is 0 Å². The Morgan fingerprint density at radius 3 is 2.43 bits per heavy atom. The summed E-state index contributed by atoms with van der Waals surface area (Å²) in [6.45, 7) is 3.49. The third-order valence-electron chi connectivity index (χ3n) is 7.45. The zero-order chi connectivity index (χ0) is 29.3. The molecule has 0 saturated carbocycles. The van der Waals surface area contributed by atoms with E-state index < -0.39 is 10.0 Å². The van der Waals surface area contributed by atoms with Crippen molar-refractivity contribution in [2.75, 3.05) is 13.1 Å². The van der Waals surface area contributed by atoms with Crippen molar-refractivity contribution in [3.63, 3.8) is 0 Å². The van der Waals surface area contributed by atoms with Gasteiger partial charge in [0.05, 0.1) is 22.0 Å². The minimum absolute atomic E-state index is 0.162. The number of carbonyl (C=O) groups excluding carboxylic acids is 1. The molecule has 0 aliphatic carbocycles. The van der Waals surface area contributed by atoms with Gasteiger partial charge in [-0.15, -0.1) is 0 Å². The molecule has 3 heterocycles. The molecule has 6 rings (SSSR count). The van der Waals surface area contributed by atoms with Gasteiger partial charge in [-0.1, -0.05) is 90.6 Å². The van der Waals surface area contributed by atoms with Crippen LogP contribution in [0.5, 0.6) is 0 Å². The van der Waals surface area contributed by atoms with E-state index in [0.29, 0.717) is 45.7 Å². The summed E-state index contributed by atoms with van der Waals surface area (Å²) in [5, 5.41) is 4.86. The second kappa shape index (κ2) is 12.0. The van der Waals surface area contributed by atoms with Crippen LogP contribution in [0.15, 0.2) is 94.9 Å². The van der Waals surface area contributed by atoms with Crippen molar-refractivity contribution in [1.82, 2.24) is 19.0 Å². The summed E-state index contributed by atoms with van der Waals surface area (Å²) in [4.78, 5) is 15.9. The number of carbonyl (C=O) groups is 1. The molecule has 1 amide bonds. The van der Waals surface area contributed by atoms with Crippen LogP contribution in [0.25, 0.3) is 23.0 Å². The van der Waals surface area contributed by atoms with Crippen molar-refractivity contribution >= 4 is 50.3 Å². The van der Waals surface area contributed by atoms with Crippen molar-refractivity contribution < 1.29 is 13.2 Å². The number of hydrogen-bond acceptors (Lipinski definition) is 6. The molecule has 0 radical (unpaired) electrons. The first-order valence-corrected chi connectivity index (χ1v) is 16.5. The van der Waals surface area contributed by atoms with Gasteiger partial charge >= 0.3 is 0 Å². The third kappa shape index (κ3) is 5.85. The van der Waals surface area contributed by atoms with E-state index in [2.05, 4.69) is 0 Å². The van der Waals surface area contributed by atoms with Crippen molar-refractivity contribution in [1.29, 1.82) is 0 Å². The first-order valence-electron chi connectivity index (χ1n) is 13.9. The lowest BCUT2D eigenvalue weighted by Gasteiger charge is -2.26. The molecule has 42 heavy (non-hydrogen) atoms. The van der Waals surface area contributed by atoms with Gasteiger partial charge in [-0.3, -0.25) is 9.69 Å². The number of aromatic nitrogens is 2. The Kier molecular flexibility index (Phi) is 8.13. The van der Waals surface area contributed by atoms with Gasteiger partial charge in [-0.05, 0) is 55.7 Å². The average Bonchev–Trinajstić information content (AvgIpc) is 3.55. The van der Waals surface area contributed by atoms with Crippen LogP contribution in [0.2, 0.25) is 0 Å². The number of piperidine rings is 1. The standard InChI is InChI=1S/C32H30N4O3S3/c1-23-13-15-24(16-14-23)21-35-31(37)29(41-32(35)40)20-26-22-36(27-10-4-2-5-11-27)33-30(26)25-9-8-12-28(19-25)42(38,39)34-17-6-3-7-18-34/h2,4-5,8-16,19-20,22H,3,6-7,17-18,21H2,1H3/b29-20-. The van der Waals surface area contributed by atoms with Crippen molar-refractivity contribution in [2.24, 2.45) is 0 Å². The largest absolute Gasteiger partial charge is 0.288 e. The fraction of sp³-hybridized carbons (Fsp3) is 0.219. The Morgan fingerprint density at radius 1 is 0.952 bits per heavy atom. The van der Waals surface area contributed by atoms with Crippen LogP contribution in [0, 0.1) is 6.92 Å². The molecule has 214 valence electrons. The molecule has 2 aliphatic heterocycles. The maximum atomic E-state index is 13.5. The summed E-state index contributed by atoms with van der Waals surface area (Å²) in [6, 6.07) is 24.6. The fourth-order valence-electron chi connectivity index (χ4n) is 5.14. The van der Waals surface area contributed by atoms with E-state index in [0.717, 1.165) is 36.1 Å². The summed E-state index contributed by atoms with van der Waals surface area (Å²) in [5.41, 5.74) is 4.94. The highest BCUT2D eigenvalue weighted by Gasteiger charge is 2.33. The lowest BCUT2D eigenvalue weighted by atomic mass is 10.1. The smallest absolute Gasteiger partial charge is 0.266 e. The van der Waals surface area contributed by atoms with Gasteiger partial charge in [0.2, 0.25) is 10.0 Å². The molecule has 3 aromatic carbocycles. The highest BCUT2D eigenvalue weighted by Crippen LogP contribution is 2.36. The molecule has 0 spiro atoms. The lowest BCUT2D eigenvalue weighted by Crippen LogP contribution is -2.35. The molecule has 1 aromatic heterocycles. The van der Waals surface area contributed by atoms with E-state index in [9.17, 15) is 13.2 Å². The van der Waals surface area contributed by atoms with Gasteiger partial charge in [0.15, 0.2) is 0 Å². The Bertz CT molecular complexity index is 1780. The minimum Gasteiger partial charge on any atom is -0.288 e. The average molecular weight is 615 g/mol. The van der Waals surface area contributed by atoms with E-state index in [4.69, 9.17) is 17.3 Å². The first-order chi connectivity index (χ1) is 20.3. The summed E-state index contributed by atoms with van der Waals surface area (Å²) >= 11 is 6.86. The zero-order valence-electron chi connectivity index (χ0n) is 23.1. The number of nitrogens with zero attached hydrogens (tertiary/aromatic N) is 4. The monoisotopic (exact) mass is 614 g/mol. The van der Waals surface area contributed by atoms with Gasteiger partial charge in [0, 0.05) is 30.4 Å². The second-order valence-electron chi connectivity index (χ2n) is 10.5. The highest BCUT2D eigenvalue weighted by atomic mass is 32.2. The number of rotatable bonds is 7. The van der Waals surface area contributed by atoms with Gasteiger partial charge in [-0.2, -0.15) is 9.40 Å². The van der Waals surface area contributed by atoms with Crippen molar-refractivity contribution in [2.45, 2.75) is 37.6 Å². The SMILES string of the molecule is Cc1ccc(CN2C(=O)/C(=C/c3cn(-c4ccccc4)nc3-c3cccc(S(=O)(=O)N4CCCCC4)c3)SC2=S)cc1. The molecular formula is C32H30N4O3S3. The Morgan fingerprint density at radius 2 is 1.69 bits per heavy atom. The lowest BCUT2D eigenvalue weighted by molar-refractivity contribution is -0.122. The van der Waals surface area contributed by atoms with Gasteiger partial charge in [-0.25, -0.2) is 13.1 Å². The number of amides is 1. The van der Waals surface area contributed by atoms with Gasteiger partial charge in [0.25, 0.3) is 5.91 Å². The van der Waals surface area contributed by atoms with E-state index in [1.165, 1.54) is 11.8 Å². The number of para-hydroxylation sites is 1. The van der Waals surface area contributed by atoms with Crippen LogP contribution in [0.3, 0.4) is 0 Å². The van der Waals surface area contributed by atoms with Crippen LogP contribution >= 0.6 is 24.0 Å². The molecule has 10 heteroatoms. The predicted octanol–water partition coefficient (Wildman–Crippen LogP) is 6.42. The molecule has 0 N–H and O–H groups in total. The molecular weight excluding hydrogens is 585 g/mol. The molecule has 2 fully saturated rings. The summed E-state index contributed by atoms with van der Waals surface area (Å²) < 4.78 is 30.7. The van der Waals surface area contributed by atoms with Crippen molar-refractivity contribution in [3.05, 3.63) is 107 Å².